The Labute approximate surface area is 242 Å². The van der Waals surface area contributed by atoms with Gasteiger partial charge in [0.1, 0.15) is 11.9 Å². The number of rotatable bonds is 8. The lowest BCUT2D eigenvalue weighted by molar-refractivity contribution is -0.272. The van der Waals surface area contributed by atoms with Crippen molar-refractivity contribution < 1.29 is 38.7 Å². The molecule has 226 valence electrons. The van der Waals surface area contributed by atoms with Crippen LogP contribution in [0.25, 0.3) is 0 Å². The molecule has 13 atom stereocenters. The highest BCUT2D eigenvalue weighted by Gasteiger charge is 2.86. The monoisotopic (exact) mass is 571 g/mol. The molecule has 9 heteroatoms. The first-order valence-electron chi connectivity index (χ1n) is 15.3. The lowest BCUT2D eigenvalue weighted by atomic mass is 9.43. The molecule has 41 heavy (non-hydrogen) atoms. The van der Waals surface area contributed by atoms with Crippen LogP contribution in [0.2, 0.25) is 0 Å². The van der Waals surface area contributed by atoms with Crippen LogP contribution in [0.1, 0.15) is 43.0 Å². The third-order valence-electron chi connectivity index (χ3n) is 12.7. The molecule has 6 aliphatic rings. The lowest BCUT2D eigenvalue weighted by Gasteiger charge is -2.68. The van der Waals surface area contributed by atoms with Crippen molar-refractivity contribution in [3.63, 3.8) is 0 Å². The zero-order valence-corrected chi connectivity index (χ0v) is 24.8. The molecule has 7 rings (SSSR count). The number of aliphatic hydroxyl groups is 2. The number of nitrogens with zero attached hydrogens (tertiary/aromatic N) is 1. The van der Waals surface area contributed by atoms with Gasteiger partial charge >= 0.3 is 5.97 Å². The minimum absolute atomic E-state index is 0.0266. The fourth-order valence-corrected chi connectivity index (χ4v) is 11.7. The fourth-order valence-electron chi connectivity index (χ4n) is 11.7. The molecule has 9 nitrogen and oxygen atoms in total. The van der Waals surface area contributed by atoms with Crippen LogP contribution in [0.4, 0.5) is 0 Å². The average Bonchev–Trinajstić information content (AvgIpc) is 3.42. The summed E-state index contributed by atoms with van der Waals surface area (Å²) in [6.45, 7) is 4.47. The Kier molecular flexibility index (Phi) is 6.59. The molecular formula is C32H45NO8. The Morgan fingerprint density at radius 3 is 2.46 bits per heavy atom. The summed E-state index contributed by atoms with van der Waals surface area (Å²) in [4.78, 5) is 16.1. The van der Waals surface area contributed by atoms with Gasteiger partial charge in [-0.1, -0.05) is 6.92 Å². The van der Waals surface area contributed by atoms with Gasteiger partial charge in [0.05, 0.1) is 43.2 Å². The van der Waals surface area contributed by atoms with Crippen LogP contribution in [-0.2, 0) is 18.9 Å². The van der Waals surface area contributed by atoms with Crippen molar-refractivity contribution >= 4 is 5.97 Å². The molecule has 1 heterocycles. The quantitative estimate of drug-likeness (QED) is 0.455. The summed E-state index contributed by atoms with van der Waals surface area (Å²) in [5.41, 5.74) is -1.40. The highest BCUT2D eigenvalue weighted by Crippen LogP contribution is 2.79. The van der Waals surface area contributed by atoms with E-state index in [4.69, 9.17) is 23.7 Å². The predicted molar refractivity (Wildman–Crippen MR) is 148 cm³/mol. The van der Waals surface area contributed by atoms with Crippen molar-refractivity contribution in [3.05, 3.63) is 29.8 Å². The molecular weight excluding hydrogens is 526 g/mol. The fraction of sp³-hybridized carbons (Fsp3) is 0.781. The molecule has 0 aromatic heterocycles. The Balaban J connectivity index is 1.37. The molecule has 1 aromatic rings. The molecule has 6 fully saturated rings. The number of hydrogen-bond acceptors (Lipinski definition) is 9. The molecule has 1 saturated heterocycles. The molecule has 1 aliphatic heterocycles. The molecule has 2 N–H and O–H groups in total. The number of fused-ring (bicyclic) bond motifs is 2. The highest BCUT2D eigenvalue weighted by atomic mass is 16.6. The van der Waals surface area contributed by atoms with E-state index in [0.717, 1.165) is 25.9 Å². The van der Waals surface area contributed by atoms with E-state index in [2.05, 4.69) is 11.8 Å². The van der Waals surface area contributed by atoms with E-state index in [-0.39, 0.29) is 53.3 Å². The van der Waals surface area contributed by atoms with Crippen molar-refractivity contribution in [1.82, 2.24) is 4.90 Å². The minimum atomic E-state index is -1.17. The summed E-state index contributed by atoms with van der Waals surface area (Å²) in [5, 5.41) is 25.3. The number of methoxy groups -OCH3 is 4. The zero-order chi connectivity index (χ0) is 28.9. The van der Waals surface area contributed by atoms with Crippen LogP contribution in [0.3, 0.4) is 0 Å². The third-order valence-corrected chi connectivity index (χ3v) is 12.7. The summed E-state index contributed by atoms with van der Waals surface area (Å²) in [6.07, 6.45) is 1.21. The number of hydrogen-bond donors (Lipinski definition) is 2. The van der Waals surface area contributed by atoms with E-state index in [1.165, 1.54) is 0 Å². The van der Waals surface area contributed by atoms with Crippen molar-refractivity contribution in [2.24, 2.45) is 40.4 Å². The zero-order valence-electron chi connectivity index (χ0n) is 24.8. The summed E-state index contributed by atoms with van der Waals surface area (Å²) < 4.78 is 30.1. The number of piperidine rings is 1. The molecule has 1 spiro atoms. The van der Waals surface area contributed by atoms with Crippen LogP contribution in [-0.4, -0.2) is 105 Å². The van der Waals surface area contributed by atoms with Crippen LogP contribution in [0.15, 0.2) is 24.3 Å². The van der Waals surface area contributed by atoms with E-state index in [1.807, 2.05) is 0 Å². The van der Waals surface area contributed by atoms with Gasteiger partial charge in [0.25, 0.3) is 0 Å². The van der Waals surface area contributed by atoms with Crippen molar-refractivity contribution in [2.45, 2.75) is 68.7 Å². The summed E-state index contributed by atoms with van der Waals surface area (Å²) in [6, 6.07) is 6.91. The van der Waals surface area contributed by atoms with Gasteiger partial charge in [-0.2, -0.15) is 0 Å². The molecule has 1 aromatic carbocycles. The maximum Gasteiger partial charge on any atom is 0.338 e. The van der Waals surface area contributed by atoms with Crippen molar-refractivity contribution in [1.29, 1.82) is 0 Å². The first-order valence-corrected chi connectivity index (χ1v) is 15.3. The van der Waals surface area contributed by atoms with Crippen LogP contribution < -0.4 is 4.74 Å². The Hall–Kier alpha value is -1.75. The Morgan fingerprint density at radius 1 is 1.07 bits per heavy atom. The second kappa shape index (κ2) is 9.63. The first-order chi connectivity index (χ1) is 19.7. The van der Waals surface area contributed by atoms with Gasteiger partial charge < -0.3 is 33.9 Å². The highest BCUT2D eigenvalue weighted by molar-refractivity contribution is 5.89. The van der Waals surface area contributed by atoms with Gasteiger partial charge in [0.2, 0.25) is 0 Å². The normalized spacial score (nSPS) is 49.1. The van der Waals surface area contributed by atoms with E-state index in [9.17, 15) is 15.0 Å². The number of esters is 1. The largest absolute Gasteiger partial charge is 0.497 e. The lowest BCUT2D eigenvalue weighted by Crippen LogP contribution is -2.76. The predicted octanol–water partition coefficient (Wildman–Crippen LogP) is 2.38. The molecule has 0 radical (unpaired) electrons. The molecule has 5 aliphatic carbocycles. The Morgan fingerprint density at radius 2 is 1.83 bits per heavy atom. The maximum absolute atomic E-state index is 13.6. The number of ether oxygens (including phenoxy) is 5. The van der Waals surface area contributed by atoms with Crippen LogP contribution >= 0.6 is 0 Å². The number of benzene rings is 1. The van der Waals surface area contributed by atoms with Crippen LogP contribution in [0, 0.1) is 40.4 Å². The Bertz CT molecular complexity index is 1180. The number of aliphatic hydroxyl groups excluding tert-OH is 1. The van der Waals surface area contributed by atoms with Crippen molar-refractivity contribution in [3.8, 4) is 5.75 Å². The second-order valence-corrected chi connectivity index (χ2v) is 13.7. The molecule has 0 unspecified atom stereocenters. The SMILES string of the molecule is CCN1C[C@]2(COC)CC[C@H](O)[C@@]34[C@@H]5C[C@H]6[C@H](OC(=O)c7ccc(OC)cc7)[C@@H]5[C@](O)(C[C@@H]6OC)[C@@H]([C@H](OC)[C@H]23)[C@@H]14. The average molecular weight is 572 g/mol. The van der Waals surface area contributed by atoms with E-state index in [1.54, 1.807) is 52.7 Å². The maximum atomic E-state index is 13.6. The van der Waals surface area contributed by atoms with E-state index < -0.39 is 29.2 Å². The van der Waals surface area contributed by atoms with Gasteiger partial charge in [0, 0.05) is 74.8 Å². The minimum Gasteiger partial charge on any atom is -0.497 e. The third kappa shape index (κ3) is 3.36. The van der Waals surface area contributed by atoms with Gasteiger partial charge in [-0.3, -0.25) is 4.90 Å². The summed E-state index contributed by atoms with van der Waals surface area (Å²) >= 11 is 0. The van der Waals surface area contributed by atoms with Gasteiger partial charge in [-0.05, 0) is 56.0 Å². The summed E-state index contributed by atoms with van der Waals surface area (Å²) in [5.74, 6) is -0.360. The van der Waals surface area contributed by atoms with Gasteiger partial charge in [0.15, 0.2) is 0 Å². The van der Waals surface area contributed by atoms with Crippen molar-refractivity contribution in [2.75, 3.05) is 48.1 Å². The second-order valence-electron chi connectivity index (χ2n) is 13.7. The topological polar surface area (TPSA) is 107 Å². The van der Waals surface area contributed by atoms with Gasteiger partial charge in [-0.15, -0.1) is 0 Å². The smallest absolute Gasteiger partial charge is 0.338 e. The van der Waals surface area contributed by atoms with Gasteiger partial charge in [-0.25, -0.2) is 4.79 Å². The molecule has 7 bridgehead atoms. The number of carbonyl (C=O) groups is 1. The van der Waals surface area contributed by atoms with Crippen LogP contribution in [0.5, 0.6) is 5.75 Å². The number of likely N-dealkylation sites (tertiary alicyclic amines) is 1. The standard InChI is InChI=1S/C32H45NO8/c1-6-33-15-30(16-37-2)12-11-22(34)32-20-13-19-21(39-4)14-31(36,24(28(32)33)26(40-5)27(30)32)23(20)25(19)41-29(35)17-7-9-18(38-3)10-8-17/h7-10,19-28,34,36H,6,11-16H2,1-5H3/t19-,20-,21+,22+,23-,24+,25+,26+,27-,28-,30+,31-,32+/m1/s1. The molecule has 5 saturated carbocycles. The van der Waals surface area contributed by atoms with E-state index in [0.29, 0.717) is 30.8 Å². The summed E-state index contributed by atoms with van der Waals surface area (Å²) in [7, 11) is 6.81. The molecule has 0 amide bonds. The number of carbonyl (C=O) groups excluding carboxylic acids is 1. The van der Waals surface area contributed by atoms with E-state index >= 15 is 0 Å². The first kappa shape index (κ1) is 28.0.